The molecule has 0 aromatic rings. The van der Waals surface area contributed by atoms with Gasteiger partial charge in [-0.2, -0.15) is 0 Å². The van der Waals surface area contributed by atoms with Crippen molar-refractivity contribution in [3.05, 3.63) is 11.2 Å². The van der Waals surface area contributed by atoms with Crippen molar-refractivity contribution in [1.29, 1.82) is 0 Å². The number of hydrogen-bond donors (Lipinski definition) is 0. The summed E-state index contributed by atoms with van der Waals surface area (Å²) in [6.07, 6.45) is 4.74. The Morgan fingerprint density at radius 1 is 1.19 bits per heavy atom. The van der Waals surface area contributed by atoms with Gasteiger partial charge in [0.1, 0.15) is 0 Å². The van der Waals surface area contributed by atoms with Gasteiger partial charge in [-0.05, 0) is 40.5 Å². The summed E-state index contributed by atoms with van der Waals surface area (Å²) in [6.45, 7) is 12.1. The van der Waals surface area contributed by atoms with Gasteiger partial charge < -0.3 is 4.90 Å². The second-order valence-corrected chi connectivity index (χ2v) is 5.66. The highest BCUT2D eigenvalue weighted by Gasteiger charge is 2.15. The van der Waals surface area contributed by atoms with Crippen molar-refractivity contribution in [3.63, 3.8) is 0 Å². The Morgan fingerprint density at radius 2 is 1.69 bits per heavy atom. The number of nitrogens with zero attached hydrogens (tertiary/aromatic N) is 2. The van der Waals surface area contributed by atoms with Crippen LogP contribution < -0.4 is 0 Å². The smallest absolute Gasteiger partial charge is 0.0480 e. The van der Waals surface area contributed by atoms with Crippen LogP contribution in [0.3, 0.4) is 0 Å². The van der Waals surface area contributed by atoms with Crippen LogP contribution in [0.1, 0.15) is 40.5 Å². The average Bonchev–Trinajstić information content (AvgIpc) is 2.65. The van der Waals surface area contributed by atoms with E-state index in [1.165, 1.54) is 25.9 Å². The molecule has 2 nitrogen and oxygen atoms in total. The first kappa shape index (κ1) is 13.9. The van der Waals surface area contributed by atoms with Gasteiger partial charge in [0.05, 0.1) is 0 Å². The van der Waals surface area contributed by atoms with Gasteiger partial charge in [-0.15, -0.1) is 0 Å². The van der Waals surface area contributed by atoms with E-state index in [2.05, 4.69) is 43.7 Å². The first-order valence-electron chi connectivity index (χ1n) is 6.36. The van der Waals surface area contributed by atoms with Crippen molar-refractivity contribution in [2.45, 2.75) is 52.6 Å². The zero-order chi connectivity index (χ0) is 12.1. The molecule has 0 spiro atoms. The Kier molecular flexibility index (Phi) is 5.63. The van der Waals surface area contributed by atoms with Gasteiger partial charge in [-0.25, -0.2) is 0 Å². The summed E-state index contributed by atoms with van der Waals surface area (Å²) in [5.41, 5.74) is 0. The SMILES string of the molecule is CC(C)N(C/C(Cl)=C/N1CCCC1)C(C)C. The lowest BCUT2D eigenvalue weighted by Gasteiger charge is -2.30. The number of hydrogen-bond acceptors (Lipinski definition) is 2. The summed E-state index contributed by atoms with van der Waals surface area (Å²) in [7, 11) is 0. The van der Waals surface area contributed by atoms with E-state index in [4.69, 9.17) is 11.6 Å². The van der Waals surface area contributed by atoms with Crippen LogP contribution in [0.2, 0.25) is 0 Å². The molecule has 0 aliphatic carbocycles. The monoisotopic (exact) mass is 244 g/mol. The maximum absolute atomic E-state index is 6.32. The van der Waals surface area contributed by atoms with Crippen molar-refractivity contribution in [1.82, 2.24) is 9.80 Å². The third-order valence-corrected chi connectivity index (χ3v) is 3.34. The van der Waals surface area contributed by atoms with Gasteiger partial charge in [0, 0.05) is 43.0 Å². The third kappa shape index (κ3) is 4.34. The molecule has 0 aromatic carbocycles. The number of likely N-dealkylation sites (tertiary alicyclic amines) is 1. The normalized spacial score (nSPS) is 18.2. The zero-order valence-electron chi connectivity index (χ0n) is 11.0. The minimum atomic E-state index is 0.542. The van der Waals surface area contributed by atoms with Gasteiger partial charge in [0.2, 0.25) is 0 Å². The fourth-order valence-electron chi connectivity index (χ4n) is 2.25. The van der Waals surface area contributed by atoms with E-state index < -0.39 is 0 Å². The maximum Gasteiger partial charge on any atom is 0.0480 e. The predicted molar refractivity (Wildman–Crippen MR) is 71.7 cm³/mol. The van der Waals surface area contributed by atoms with Crippen LogP contribution in [0.4, 0.5) is 0 Å². The fourth-order valence-corrected chi connectivity index (χ4v) is 2.52. The van der Waals surface area contributed by atoms with Crippen molar-refractivity contribution in [2.75, 3.05) is 19.6 Å². The summed E-state index contributed by atoms with van der Waals surface area (Å²) in [6, 6.07) is 1.08. The highest BCUT2D eigenvalue weighted by Crippen LogP contribution is 2.15. The number of rotatable bonds is 5. The molecule has 1 fully saturated rings. The molecule has 0 radical (unpaired) electrons. The topological polar surface area (TPSA) is 6.48 Å². The first-order valence-corrected chi connectivity index (χ1v) is 6.74. The third-order valence-electron chi connectivity index (χ3n) is 3.12. The average molecular weight is 245 g/mol. The first-order chi connectivity index (χ1) is 7.50. The summed E-state index contributed by atoms with van der Waals surface area (Å²) >= 11 is 6.32. The number of halogens is 1. The molecule has 1 aliphatic heterocycles. The van der Waals surface area contributed by atoms with Crippen molar-refractivity contribution >= 4 is 11.6 Å². The van der Waals surface area contributed by atoms with Crippen LogP contribution in [0.15, 0.2) is 11.2 Å². The van der Waals surface area contributed by atoms with E-state index in [0.29, 0.717) is 12.1 Å². The molecule has 3 heteroatoms. The minimum absolute atomic E-state index is 0.542. The lowest BCUT2D eigenvalue weighted by molar-refractivity contribution is 0.194. The Morgan fingerprint density at radius 3 is 2.12 bits per heavy atom. The Bertz CT molecular complexity index is 222. The largest absolute Gasteiger partial charge is 0.376 e. The minimum Gasteiger partial charge on any atom is -0.376 e. The molecule has 0 aromatic heterocycles. The van der Waals surface area contributed by atoms with Crippen LogP contribution >= 0.6 is 11.6 Å². The Hall–Kier alpha value is -0.210. The standard InChI is InChI=1S/C13H25ClN2/c1-11(2)16(12(3)4)10-13(14)9-15-7-5-6-8-15/h9,11-12H,5-8,10H2,1-4H3/b13-9-. The van der Waals surface area contributed by atoms with Crippen LogP contribution in [0.5, 0.6) is 0 Å². The summed E-state index contributed by atoms with van der Waals surface area (Å²) < 4.78 is 0. The Labute approximate surface area is 105 Å². The van der Waals surface area contributed by atoms with Crippen LogP contribution in [-0.4, -0.2) is 41.5 Å². The molecule has 1 aliphatic rings. The molecule has 16 heavy (non-hydrogen) atoms. The van der Waals surface area contributed by atoms with Crippen molar-refractivity contribution in [2.24, 2.45) is 0 Å². The van der Waals surface area contributed by atoms with E-state index in [9.17, 15) is 0 Å². The van der Waals surface area contributed by atoms with Gasteiger partial charge in [0.25, 0.3) is 0 Å². The zero-order valence-corrected chi connectivity index (χ0v) is 11.8. The molecule has 0 atom stereocenters. The van der Waals surface area contributed by atoms with Gasteiger partial charge in [0.15, 0.2) is 0 Å². The summed E-state index contributed by atoms with van der Waals surface area (Å²) in [4.78, 5) is 4.75. The van der Waals surface area contributed by atoms with Gasteiger partial charge in [-0.1, -0.05) is 11.6 Å². The lowest BCUT2D eigenvalue weighted by atomic mass is 10.2. The lowest BCUT2D eigenvalue weighted by Crippen LogP contribution is -2.38. The molecule has 0 unspecified atom stereocenters. The van der Waals surface area contributed by atoms with E-state index in [0.717, 1.165) is 11.6 Å². The summed E-state index contributed by atoms with van der Waals surface area (Å²) in [5.74, 6) is 0. The van der Waals surface area contributed by atoms with Gasteiger partial charge >= 0.3 is 0 Å². The fraction of sp³-hybridized carbons (Fsp3) is 0.846. The molecule has 0 saturated carbocycles. The molecule has 0 amide bonds. The van der Waals surface area contributed by atoms with Crippen LogP contribution in [0.25, 0.3) is 0 Å². The Balaban J connectivity index is 2.49. The van der Waals surface area contributed by atoms with Gasteiger partial charge in [-0.3, -0.25) is 4.90 Å². The molecule has 1 saturated heterocycles. The highest BCUT2D eigenvalue weighted by molar-refractivity contribution is 6.29. The molecule has 1 heterocycles. The molecule has 0 N–H and O–H groups in total. The maximum atomic E-state index is 6.32. The van der Waals surface area contributed by atoms with E-state index in [1.54, 1.807) is 0 Å². The summed E-state index contributed by atoms with van der Waals surface area (Å²) in [5, 5.41) is 0.962. The predicted octanol–water partition coefficient (Wildman–Crippen LogP) is 3.28. The van der Waals surface area contributed by atoms with Crippen molar-refractivity contribution < 1.29 is 0 Å². The van der Waals surface area contributed by atoms with Crippen LogP contribution in [-0.2, 0) is 0 Å². The van der Waals surface area contributed by atoms with E-state index in [1.807, 2.05) is 0 Å². The molecule has 94 valence electrons. The molecule has 0 bridgehead atoms. The highest BCUT2D eigenvalue weighted by atomic mass is 35.5. The van der Waals surface area contributed by atoms with Crippen molar-refractivity contribution in [3.8, 4) is 0 Å². The van der Waals surface area contributed by atoms with Crippen LogP contribution in [0, 0.1) is 0 Å². The molecular formula is C13H25ClN2. The quantitative estimate of drug-likeness (QED) is 0.733. The second-order valence-electron chi connectivity index (χ2n) is 5.18. The van der Waals surface area contributed by atoms with E-state index in [-0.39, 0.29) is 0 Å². The second kappa shape index (κ2) is 6.51. The van der Waals surface area contributed by atoms with E-state index >= 15 is 0 Å². The molecule has 1 rings (SSSR count). The molecular weight excluding hydrogens is 220 g/mol.